The van der Waals surface area contributed by atoms with Crippen LogP contribution >= 0.6 is 0 Å². The summed E-state index contributed by atoms with van der Waals surface area (Å²) in [6.07, 6.45) is 21.2. The van der Waals surface area contributed by atoms with E-state index in [2.05, 4.69) is 86.0 Å². The normalized spacial score (nSPS) is 11.7. The third-order valence-electron chi connectivity index (χ3n) is 9.14. The van der Waals surface area contributed by atoms with Gasteiger partial charge in [0.1, 0.15) is 0 Å². The molecule has 0 heterocycles. The van der Waals surface area contributed by atoms with E-state index in [-0.39, 0.29) is 0 Å². The van der Waals surface area contributed by atoms with Gasteiger partial charge in [-0.25, -0.2) is 0 Å². The molecule has 0 saturated heterocycles. The van der Waals surface area contributed by atoms with E-state index in [1.807, 2.05) is 0 Å². The molecule has 2 aromatic rings. The smallest absolute Gasteiger partial charge is 0.0717 e. The van der Waals surface area contributed by atoms with Gasteiger partial charge in [0.2, 0.25) is 0 Å². The zero-order chi connectivity index (χ0) is 32.9. The number of nitrogens with zero attached hydrogens (tertiary/aromatic N) is 2. The fraction of sp³-hybridized carbons (Fsp3) is 0.714. The standard InChI is InChI=1S/C42H72N2O2/c1-5-9-13-17-27-43(28-18-14-10-6-2)31-33-45-37-39-23-21-25-41(35-39)42-26-22-24-40(36-42)38-46-34-32-44(29-19-15-11-7-3)30-20-16-12-8-4/h21-26,35-36H,5-20,27-34,37-38H2,1-4H3. The zero-order valence-electron chi connectivity index (χ0n) is 30.7. The second kappa shape index (κ2) is 28.3. The summed E-state index contributed by atoms with van der Waals surface area (Å²) in [6.45, 7) is 19.0. The van der Waals surface area contributed by atoms with Crippen LogP contribution in [0.25, 0.3) is 11.1 Å². The van der Waals surface area contributed by atoms with Gasteiger partial charge in [0.05, 0.1) is 26.4 Å². The van der Waals surface area contributed by atoms with Crippen molar-refractivity contribution in [3.63, 3.8) is 0 Å². The fourth-order valence-electron chi connectivity index (χ4n) is 6.17. The third-order valence-corrected chi connectivity index (χ3v) is 9.14. The lowest BCUT2D eigenvalue weighted by molar-refractivity contribution is 0.0911. The summed E-state index contributed by atoms with van der Waals surface area (Å²) in [4.78, 5) is 5.27. The van der Waals surface area contributed by atoms with Crippen molar-refractivity contribution >= 4 is 0 Å². The first-order valence-electron chi connectivity index (χ1n) is 19.5. The molecule has 0 aliphatic rings. The van der Waals surface area contributed by atoms with Crippen molar-refractivity contribution in [3.8, 4) is 11.1 Å². The summed E-state index contributed by atoms with van der Waals surface area (Å²) >= 11 is 0. The predicted octanol–water partition coefficient (Wildman–Crippen LogP) is 11.3. The Hall–Kier alpha value is -1.72. The molecule has 0 unspecified atom stereocenters. The molecule has 0 radical (unpaired) electrons. The van der Waals surface area contributed by atoms with Crippen molar-refractivity contribution in [2.75, 3.05) is 52.5 Å². The lowest BCUT2D eigenvalue weighted by Crippen LogP contribution is -2.30. The van der Waals surface area contributed by atoms with Gasteiger partial charge in [-0.15, -0.1) is 0 Å². The number of rotatable bonds is 31. The highest BCUT2D eigenvalue weighted by atomic mass is 16.5. The highest BCUT2D eigenvalue weighted by molar-refractivity contribution is 5.64. The molecule has 0 N–H and O–H groups in total. The van der Waals surface area contributed by atoms with Gasteiger partial charge in [0, 0.05) is 13.1 Å². The first-order chi connectivity index (χ1) is 22.7. The van der Waals surface area contributed by atoms with Crippen molar-refractivity contribution < 1.29 is 9.47 Å². The maximum Gasteiger partial charge on any atom is 0.0717 e. The van der Waals surface area contributed by atoms with E-state index in [0.717, 1.165) is 26.3 Å². The molecule has 262 valence electrons. The van der Waals surface area contributed by atoms with Gasteiger partial charge in [0.25, 0.3) is 0 Å². The molecule has 0 bridgehead atoms. The molecule has 0 aliphatic heterocycles. The van der Waals surface area contributed by atoms with Crippen molar-refractivity contribution in [1.29, 1.82) is 0 Å². The summed E-state index contributed by atoms with van der Waals surface area (Å²) in [5.74, 6) is 0. The van der Waals surface area contributed by atoms with Gasteiger partial charge in [-0.1, -0.05) is 141 Å². The molecule has 0 amide bonds. The number of benzene rings is 2. The molecule has 0 saturated carbocycles. The molecule has 2 aromatic carbocycles. The zero-order valence-corrected chi connectivity index (χ0v) is 30.7. The van der Waals surface area contributed by atoms with E-state index in [1.54, 1.807) is 0 Å². The van der Waals surface area contributed by atoms with Crippen molar-refractivity contribution in [2.45, 2.75) is 144 Å². The lowest BCUT2D eigenvalue weighted by atomic mass is 10.0. The van der Waals surface area contributed by atoms with E-state index in [9.17, 15) is 0 Å². The molecule has 0 fully saturated rings. The number of hydrogen-bond donors (Lipinski definition) is 0. The van der Waals surface area contributed by atoms with Crippen LogP contribution in [0.5, 0.6) is 0 Å². The molecular formula is C42H72N2O2. The van der Waals surface area contributed by atoms with Crippen LogP contribution in [0, 0.1) is 0 Å². The summed E-state index contributed by atoms with van der Waals surface area (Å²) in [6, 6.07) is 17.7. The molecule has 0 spiro atoms. The first kappa shape index (κ1) is 40.5. The van der Waals surface area contributed by atoms with E-state index in [0.29, 0.717) is 13.2 Å². The van der Waals surface area contributed by atoms with Gasteiger partial charge in [-0.3, -0.25) is 0 Å². The molecule has 4 heteroatoms. The predicted molar refractivity (Wildman–Crippen MR) is 201 cm³/mol. The summed E-state index contributed by atoms with van der Waals surface area (Å²) < 4.78 is 12.4. The van der Waals surface area contributed by atoms with Crippen LogP contribution in [0.3, 0.4) is 0 Å². The maximum atomic E-state index is 6.21. The van der Waals surface area contributed by atoms with Crippen LogP contribution in [-0.2, 0) is 22.7 Å². The summed E-state index contributed by atoms with van der Waals surface area (Å²) in [5, 5.41) is 0. The van der Waals surface area contributed by atoms with E-state index < -0.39 is 0 Å². The number of ether oxygens (including phenoxy) is 2. The second-order valence-corrected chi connectivity index (χ2v) is 13.4. The monoisotopic (exact) mass is 637 g/mol. The van der Waals surface area contributed by atoms with Crippen LogP contribution in [0.4, 0.5) is 0 Å². The first-order valence-corrected chi connectivity index (χ1v) is 19.5. The minimum absolute atomic E-state index is 0.670. The SMILES string of the molecule is CCCCCCN(CCCCCC)CCOCc1cccc(-c2cccc(COCCN(CCCCCC)CCCCCC)c2)c1. The average Bonchev–Trinajstić information content (AvgIpc) is 3.08. The van der Waals surface area contributed by atoms with Gasteiger partial charge in [-0.2, -0.15) is 0 Å². The Bertz CT molecular complexity index is 863. The minimum atomic E-state index is 0.670. The number of hydrogen-bond acceptors (Lipinski definition) is 4. The van der Waals surface area contributed by atoms with Crippen LogP contribution in [0.15, 0.2) is 48.5 Å². The van der Waals surface area contributed by atoms with E-state index in [1.165, 1.54) is 151 Å². The Balaban J connectivity index is 1.80. The van der Waals surface area contributed by atoms with Gasteiger partial charge in [0.15, 0.2) is 0 Å². The Kier molecular flexibility index (Phi) is 24.9. The average molecular weight is 637 g/mol. The number of unbranched alkanes of at least 4 members (excludes halogenated alkanes) is 12. The Labute approximate surface area is 285 Å². The molecule has 4 nitrogen and oxygen atoms in total. The lowest BCUT2D eigenvalue weighted by Gasteiger charge is -2.22. The minimum Gasteiger partial charge on any atom is -0.375 e. The Morgan fingerprint density at radius 3 is 1.09 bits per heavy atom. The van der Waals surface area contributed by atoms with Crippen LogP contribution in [0.2, 0.25) is 0 Å². The van der Waals surface area contributed by atoms with E-state index >= 15 is 0 Å². The Morgan fingerprint density at radius 1 is 0.413 bits per heavy atom. The molecule has 2 rings (SSSR count). The van der Waals surface area contributed by atoms with Gasteiger partial charge < -0.3 is 19.3 Å². The third kappa shape index (κ3) is 19.8. The topological polar surface area (TPSA) is 24.9 Å². The quantitative estimate of drug-likeness (QED) is 0.0769. The van der Waals surface area contributed by atoms with E-state index in [4.69, 9.17) is 9.47 Å². The molecule has 0 aliphatic carbocycles. The van der Waals surface area contributed by atoms with Crippen molar-refractivity contribution in [2.24, 2.45) is 0 Å². The van der Waals surface area contributed by atoms with Gasteiger partial charge >= 0.3 is 0 Å². The maximum absolute atomic E-state index is 6.21. The van der Waals surface area contributed by atoms with Crippen molar-refractivity contribution in [1.82, 2.24) is 9.80 Å². The van der Waals surface area contributed by atoms with Crippen LogP contribution in [0.1, 0.15) is 142 Å². The summed E-state index contributed by atoms with van der Waals surface area (Å²) in [5.41, 5.74) is 4.99. The molecule has 46 heavy (non-hydrogen) atoms. The van der Waals surface area contributed by atoms with Crippen LogP contribution in [-0.4, -0.2) is 62.3 Å². The fourth-order valence-corrected chi connectivity index (χ4v) is 6.17. The summed E-state index contributed by atoms with van der Waals surface area (Å²) in [7, 11) is 0. The van der Waals surface area contributed by atoms with Crippen molar-refractivity contribution in [3.05, 3.63) is 59.7 Å². The highest BCUT2D eigenvalue weighted by Gasteiger charge is 2.08. The second-order valence-electron chi connectivity index (χ2n) is 13.4. The molecular weight excluding hydrogens is 564 g/mol. The largest absolute Gasteiger partial charge is 0.375 e. The van der Waals surface area contributed by atoms with Gasteiger partial charge in [-0.05, 0) is 86.2 Å². The highest BCUT2D eigenvalue weighted by Crippen LogP contribution is 2.22. The van der Waals surface area contributed by atoms with Crippen LogP contribution < -0.4 is 0 Å². The Morgan fingerprint density at radius 2 is 0.761 bits per heavy atom. The molecule has 0 aromatic heterocycles. The molecule has 0 atom stereocenters.